The fraction of sp³-hybridized carbons (Fsp3) is 0.500. The lowest BCUT2D eigenvalue weighted by atomic mass is 10.1. The van der Waals surface area contributed by atoms with Crippen LogP contribution in [0.2, 0.25) is 0 Å². The summed E-state index contributed by atoms with van der Waals surface area (Å²) in [5.41, 5.74) is 7.29. The lowest BCUT2D eigenvalue weighted by molar-refractivity contribution is 0.264. The van der Waals surface area contributed by atoms with Gasteiger partial charge in [0.2, 0.25) is 0 Å². The van der Waals surface area contributed by atoms with Gasteiger partial charge in [0.1, 0.15) is 0 Å². The molecule has 1 heterocycles. The molecule has 3 N–H and O–H groups in total. The van der Waals surface area contributed by atoms with Gasteiger partial charge in [-0.3, -0.25) is 9.97 Å². The number of rotatable bonds is 3. The summed E-state index contributed by atoms with van der Waals surface area (Å²) in [7, 11) is 0. The molecular weight excluding hydrogens is 154 g/mol. The average molecular weight is 167 g/mol. The molecule has 0 saturated carbocycles. The van der Waals surface area contributed by atoms with Crippen LogP contribution in [0.1, 0.15) is 11.4 Å². The van der Waals surface area contributed by atoms with Gasteiger partial charge >= 0.3 is 0 Å². The second-order valence-corrected chi connectivity index (χ2v) is 2.74. The van der Waals surface area contributed by atoms with Gasteiger partial charge in [0.15, 0.2) is 0 Å². The van der Waals surface area contributed by atoms with E-state index in [2.05, 4.69) is 9.97 Å². The Kier molecular flexibility index (Phi) is 3.13. The van der Waals surface area contributed by atoms with E-state index in [1.165, 1.54) is 0 Å². The number of aliphatic hydroxyl groups excluding tert-OH is 1. The number of aromatic nitrogens is 2. The maximum atomic E-state index is 8.71. The quantitative estimate of drug-likeness (QED) is 0.645. The van der Waals surface area contributed by atoms with E-state index in [0.29, 0.717) is 6.42 Å². The molecule has 0 aliphatic rings. The Morgan fingerprint density at radius 3 is 2.75 bits per heavy atom. The molecule has 0 radical (unpaired) electrons. The number of hydrogen-bond donors (Lipinski definition) is 2. The highest BCUT2D eigenvalue weighted by molar-refractivity contribution is 5.09. The summed E-state index contributed by atoms with van der Waals surface area (Å²) >= 11 is 0. The number of aliphatic hydroxyl groups is 1. The van der Waals surface area contributed by atoms with Crippen molar-refractivity contribution >= 4 is 0 Å². The van der Waals surface area contributed by atoms with Gasteiger partial charge in [-0.1, -0.05) is 0 Å². The van der Waals surface area contributed by atoms with E-state index in [-0.39, 0.29) is 12.6 Å². The summed E-state index contributed by atoms with van der Waals surface area (Å²) in [4.78, 5) is 8.18. The number of hydrogen-bond acceptors (Lipinski definition) is 4. The van der Waals surface area contributed by atoms with Gasteiger partial charge in [-0.25, -0.2) is 0 Å². The molecule has 1 unspecified atom stereocenters. The Bertz CT molecular complexity index is 252. The fourth-order valence-corrected chi connectivity index (χ4v) is 0.950. The highest BCUT2D eigenvalue weighted by atomic mass is 16.3. The molecule has 66 valence electrons. The van der Waals surface area contributed by atoms with Gasteiger partial charge in [0, 0.05) is 24.9 Å². The molecule has 1 aromatic heterocycles. The maximum Gasteiger partial charge on any atom is 0.0632 e. The van der Waals surface area contributed by atoms with Crippen molar-refractivity contribution in [3.05, 3.63) is 23.8 Å². The third-order valence-electron chi connectivity index (χ3n) is 1.67. The van der Waals surface area contributed by atoms with Gasteiger partial charge in [-0.2, -0.15) is 0 Å². The first-order valence-corrected chi connectivity index (χ1v) is 3.87. The largest absolute Gasteiger partial charge is 0.395 e. The number of aryl methyl sites for hydroxylation is 1. The van der Waals surface area contributed by atoms with Crippen molar-refractivity contribution in [2.45, 2.75) is 19.4 Å². The Morgan fingerprint density at radius 1 is 1.50 bits per heavy atom. The van der Waals surface area contributed by atoms with Crippen LogP contribution < -0.4 is 5.73 Å². The Balaban J connectivity index is 2.69. The molecule has 1 atom stereocenters. The molecule has 0 aromatic carbocycles. The van der Waals surface area contributed by atoms with Crippen LogP contribution in [-0.4, -0.2) is 27.7 Å². The summed E-state index contributed by atoms with van der Waals surface area (Å²) in [5.74, 6) is 0. The Labute approximate surface area is 71.5 Å². The highest BCUT2D eigenvalue weighted by Crippen LogP contribution is 2.01. The molecule has 0 amide bonds. The fourth-order valence-electron chi connectivity index (χ4n) is 0.950. The van der Waals surface area contributed by atoms with Crippen molar-refractivity contribution in [2.24, 2.45) is 5.73 Å². The van der Waals surface area contributed by atoms with Crippen LogP contribution in [-0.2, 0) is 6.42 Å². The molecule has 0 bridgehead atoms. The van der Waals surface area contributed by atoms with Gasteiger partial charge in [-0.15, -0.1) is 0 Å². The van der Waals surface area contributed by atoms with E-state index >= 15 is 0 Å². The first-order chi connectivity index (χ1) is 5.74. The lowest BCUT2D eigenvalue weighted by Crippen LogP contribution is -2.27. The molecule has 1 rings (SSSR count). The smallest absolute Gasteiger partial charge is 0.0632 e. The van der Waals surface area contributed by atoms with Crippen molar-refractivity contribution in [2.75, 3.05) is 6.61 Å². The minimum absolute atomic E-state index is 0.0178. The van der Waals surface area contributed by atoms with Crippen LogP contribution in [0.3, 0.4) is 0 Å². The van der Waals surface area contributed by atoms with Crippen molar-refractivity contribution in [3.63, 3.8) is 0 Å². The van der Waals surface area contributed by atoms with Crippen molar-refractivity contribution in [3.8, 4) is 0 Å². The van der Waals surface area contributed by atoms with E-state index in [9.17, 15) is 0 Å². The topological polar surface area (TPSA) is 72.0 Å². The Morgan fingerprint density at radius 2 is 2.17 bits per heavy atom. The summed E-state index contributed by atoms with van der Waals surface area (Å²) in [6.45, 7) is 1.86. The molecule has 4 heteroatoms. The van der Waals surface area contributed by atoms with Gasteiger partial charge < -0.3 is 10.8 Å². The third kappa shape index (κ3) is 2.25. The molecule has 0 saturated heterocycles. The molecule has 0 aliphatic heterocycles. The summed E-state index contributed by atoms with van der Waals surface area (Å²) < 4.78 is 0. The predicted molar refractivity (Wildman–Crippen MR) is 45.5 cm³/mol. The second-order valence-electron chi connectivity index (χ2n) is 2.74. The minimum atomic E-state index is -0.236. The first kappa shape index (κ1) is 9.09. The molecule has 4 nitrogen and oxygen atoms in total. The van der Waals surface area contributed by atoms with Crippen LogP contribution in [0, 0.1) is 6.92 Å². The van der Waals surface area contributed by atoms with Gasteiger partial charge in [-0.05, 0) is 6.92 Å². The molecule has 0 spiro atoms. The standard InChI is InChI=1S/C8H13N3O/c1-6-8(4-7(9)5-12)11-3-2-10-6/h2-3,7,12H,4-5,9H2,1H3. The zero-order valence-corrected chi connectivity index (χ0v) is 7.07. The SMILES string of the molecule is Cc1nccnc1CC(N)CO. The Hall–Kier alpha value is -1.00. The number of nitrogens with two attached hydrogens (primary N) is 1. The van der Waals surface area contributed by atoms with Crippen LogP contribution in [0.5, 0.6) is 0 Å². The normalized spacial score (nSPS) is 12.9. The van der Waals surface area contributed by atoms with Gasteiger partial charge in [0.25, 0.3) is 0 Å². The van der Waals surface area contributed by atoms with Crippen LogP contribution in [0.25, 0.3) is 0 Å². The highest BCUT2D eigenvalue weighted by Gasteiger charge is 2.05. The van der Waals surface area contributed by atoms with Crippen LogP contribution in [0.15, 0.2) is 12.4 Å². The molecule has 12 heavy (non-hydrogen) atoms. The van der Waals surface area contributed by atoms with Crippen molar-refractivity contribution in [1.82, 2.24) is 9.97 Å². The first-order valence-electron chi connectivity index (χ1n) is 3.87. The van der Waals surface area contributed by atoms with Crippen LogP contribution in [0.4, 0.5) is 0 Å². The lowest BCUT2D eigenvalue weighted by Gasteiger charge is -2.07. The van der Waals surface area contributed by atoms with E-state index in [1.807, 2.05) is 6.92 Å². The van der Waals surface area contributed by atoms with E-state index in [1.54, 1.807) is 12.4 Å². The average Bonchev–Trinajstić information content (AvgIpc) is 2.09. The molecule has 1 aromatic rings. The summed E-state index contributed by atoms with van der Waals surface area (Å²) in [6.07, 6.45) is 3.85. The predicted octanol–water partition coefficient (Wildman–Crippen LogP) is -0.353. The zero-order chi connectivity index (χ0) is 8.97. The summed E-state index contributed by atoms with van der Waals surface area (Å²) in [6, 6.07) is -0.236. The zero-order valence-electron chi connectivity index (χ0n) is 7.07. The van der Waals surface area contributed by atoms with Crippen molar-refractivity contribution < 1.29 is 5.11 Å². The van der Waals surface area contributed by atoms with Crippen molar-refractivity contribution in [1.29, 1.82) is 0 Å². The second kappa shape index (κ2) is 4.13. The summed E-state index contributed by atoms with van der Waals surface area (Å²) in [5, 5.41) is 8.71. The molecular formula is C8H13N3O. The third-order valence-corrected chi connectivity index (χ3v) is 1.67. The van der Waals surface area contributed by atoms with E-state index in [0.717, 1.165) is 11.4 Å². The number of nitrogens with zero attached hydrogens (tertiary/aromatic N) is 2. The monoisotopic (exact) mass is 167 g/mol. The molecule has 0 aliphatic carbocycles. The van der Waals surface area contributed by atoms with E-state index in [4.69, 9.17) is 10.8 Å². The maximum absolute atomic E-state index is 8.71. The van der Waals surface area contributed by atoms with Gasteiger partial charge in [0.05, 0.1) is 18.0 Å². The molecule has 0 fully saturated rings. The van der Waals surface area contributed by atoms with E-state index < -0.39 is 0 Å². The van der Waals surface area contributed by atoms with Crippen LogP contribution >= 0.6 is 0 Å². The minimum Gasteiger partial charge on any atom is -0.395 e.